The lowest BCUT2D eigenvalue weighted by molar-refractivity contribution is 0.0941. The number of fused-ring (bicyclic) bond motifs is 2. The number of benzene rings is 1. The third-order valence-electron chi connectivity index (χ3n) is 5.58. The van der Waals surface area contributed by atoms with Gasteiger partial charge in [-0.25, -0.2) is 9.37 Å². The first-order valence-corrected chi connectivity index (χ1v) is 9.01. The number of hydrogen-bond donors (Lipinski definition) is 3. The van der Waals surface area contributed by atoms with Crippen LogP contribution in [0.15, 0.2) is 29.1 Å². The smallest absolute Gasteiger partial charge is 0.296 e. The highest BCUT2D eigenvalue weighted by Gasteiger charge is 2.40. The van der Waals surface area contributed by atoms with Gasteiger partial charge in [-0.05, 0) is 43.4 Å². The summed E-state index contributed by atoms with van der Waals surface area (Å²) in [5.74, 6) is -1.09. The van der Waals surface area contributed by atoms with Crippen LogP contribution in [0.5, 0.6) is 5.75 Å². The van der Waals surface area contributed by atoms with E-state index in [4.69, 9.17) is 5.73 Å². The van der Waals surface area contributed by atoms with Crippen molar-refractivity contribution in [2.45, 2.75) is 50.2 Å². The van der Waals surface area contributed by atoms with Crippen LogP contribution in [-0.2, 0) is 13.1 Å². The molecule has 1 aromatic carbocycles. The minimum Gasteiger partial charge on any atom is -0.501 e. The number of aromatic nitrogens is 2. The number of carbonyl (C=O) groups is 1. The Labute approximate surface area is 155 Å². The summed E-state index contributed by atoms with van der Waals surface area (Å²) < 4.78 is 14.4. The van der Waals surface area contributed by atoms with E-state index >= 15 is 0 Å². The Morgan fingerprint density at radius 1 is 1.33 bits per heavy atom. The van der Waals surface area contributed by atoms with Crippen molar-refractivity contribution >= 4 is 5.91 Å². The summed E-state index contributed by atoms with van der Waals surface area (Å²) in [6.45, 7) is 0.434. The second-order valence-corrected chi connectivity index (χ2v) is 7.50. The predicted octanol–water partition coefficient (Wildman–Crippen LogP) is 1.39. The number of carbonyl (C=O) groups excluding carboxylic acids is 1. The third kappa shape index (κ3) is 3.21. The fourth-order valence-corrected chi connectivity index (χ4v) is 3.98. The number of nitrogens with zero attached hydrogens (tertiary/aromatic N) is 2. The van der Waals surface area contributed by atoms with E-state index < -0.39 is 22.8 Å². The van der Waals surface area contributed by atoms with Crippen LogP contribution in [0.4, 0.5) is 4.39 Å². The molecule has 0 radical (unpaired) electrons. The lowest BCUT2D eigenvalue weighted by Crippen LogP contribution is -2.46. The van der Waals surface area contributed by atoms with Gasteiger partial charge in [-0.2, -0.15) is 0 Å². The highest BCUT2D eigenvalue weighted by atomic mass is 19.1. The Kier molecular flexibility index (Phi) is 4.22. The molecule has 27 heavy (non-hydrogen) atoms. The third-order valence-corrected chi connectivity index (χ3v) is 5.58. The summed E-state index contributed by atoms with van der Waals surface area (Å²) in [4.78, 5) is 29.5. The molecule has 0 unspecified atom stereocenters. The van der Waals surface area contributed by atoms with Gasteiger partial charge in [0.15, 0.2) is 5.69 Å². The monoisotopic (exact) mass is 372 g/mol. The molecule has 3 heterocycles. The van der Waals surface area contributed by atoms with Crippen LogP contribution in [0.25, 0.3) is 0 Å². The Bertz CT molecular complexity index is 947. The van der Waals surface area contributed by atoms with E-state index in [1.54, 1.807) is 12.1 Å². The molecule has 1 saturated carbocycles. The van der Waals surface area contributed by atoms with Crippen LogP contribution in [0.3, 0.4) is 0 Å². The lowest BCUT2D eigenvalue weighted by atomic mass is 9.78. The number of rotatable bonds is 3. The average Bonchev–Trinajstić information content (AvgIpc) is 2.89. The lowest BCUT2D eigenvalue weighted by Gasteiger charge is -2.31. The zero-order chi connectivity index (χ0) is 19.2. The highest BCUT2D eigenvalue weighted by Crippen LogP contribution is 2.40. The van der Waals surface area contributed by atoms with Crippen molar-refractivity contribution in [2.75, 3.05) is 0 Å². The van der Waals surface area contributed by atoms with Crippen molar-refractivity contribution in [2.24, 2.45) is 5.73 Å². The number of nitrogens with two attached hydrogens (primary N) is 1. The first kappa shape index (κ1) is 17.7. The molecule has 142 valence electrons. The summed E-state index contributed by atoms with van der Waals surface area (Å²) >= 11 is 0. The van der Waals surface area contributed by atoms with Crippen LogP contribution in [0, 0.1) is 5.82 Å². The van der Waals surface area contributed by atoms with Gasteiger partial charge in [0.05, 0.1) is 0 Å². The van der Waals surface area contributed by atoms with Gasteiger partial charge in [0.1, 0.15) is 11.6 Å². The summed E-state index contributed by atoms with van der Waals surface area (Å²) in [5.41, 5.74) is 5.70. The molecule has 2 aliphatic heterocycles. The van der Waals surface area contributed by atoms with Crippen molar-refractivity contribution in [3.05, 3.63) is 57.5 Å². The van der Waals surface area contributed by atoms with E-state index in [-0.39, 0.29) is 24.0 Å². The summed E-state index contributed by atoms with van der Waals surface area (Å²) in [6.07, 6.45) is 3.19. The van der Waals surface area contributed by atoms with Crippen molar-refractivity contribution in [1.29, 1.82) is 0 Å². The van der Waals surface area contributed by atoms with Gasteiger partial charge in [0.25, 0.3) is 11.5 Å². The van der Waals surface area contributed by atoms with Gasteiger partial charge in [0, 0.05) is 24.5 Å². The van der Waals surface area contributed by atoms with Gasteiger partial charge >= 0.3 is 0 Å². The first-order chi connectivity index (χ1) is 12.9. The number of halogens is 1. The minimum absolute atomic E-state index is 0.0566. The van der Waals surface area contributed by atoms with Crippen molar-refractivity contribution in [1.82, 2.24) is 14.9 Å². The standard InChI is InChI=1S/C19H21FN4O3/c20-13-3-1-11(2-4-13)9-22-17(26)14-15(25)18(27)24-10-19(21)7-5-12(6-8-19)16(24)23-14/h1-4,12,25H,5-10,21H2,(H,22,26). The van der Waals surface area contributed by atoms with Crippen molar-refractivity contribution in [3.8, 4) is 5.75 Å². The molecule has 2 bridgehead atoms. The maximum atomic E-state index is 13.0. The molecule has 7 nitrogen and oxygen atoms in total. The normalized spacial score (nSPS) is 23.6. The molecule has 1 fully saturated rings. The van der Waals surface area contributed by atoms with Crippen LogP contribution >= 0.6 is 0 Å². The quantitative estimate of drug-likeness (QED) is 0.754. The molecule has 5 rings (SSSR count). The van der Waals surface area contributed by atoms with Crippen molar-refractivity contribution in [3.63, 3.8) is 0 Å². The molecule has 3 aliphatic rings. The zero-order valence-corrected chi connectivity index (χ0v) is 14.7. The molecule has 0 spiro atoms. The van der Waals surface area contributed by atoms with E-state index in [1.165, 1.54) is 16.7 Å². The summed E-state index contributed by atoms with van der Waals surface area (Å²) in [5, 5.41) is 12.9. The SMILES string of the molecule is NC12CCC(CC1)c1nc(C(=O)NCc3ccc(F)cc3)c(O)c(=O)n1C2. The van der Waals surface area contributed by atoms with E-state index in [9.17, 15) is 19.1 Å². The van der Waals surface area contributed by atoms with E-state index in [2.05, 4.69) is 10.3 Å². The Morgan fingerprint density at radius 2 is 2.00 bits per heavy atom. The fraction of sp³-hybridized carbons (Fsp3) is 0.421. The Hall–Kier alpha value is -2.74. The van der Waals surface area contributed by atoms with Crippen molar-refractivity contribution < 1.29 is 14.3 Å². The predicted molar refractivity (Wildman–Crippen MR) is 95.9 cm³/mol. The molecule has 8 heteroatoms. The molecule has 0 saturated heterocycles. The van der Waals surface area contributed by atoms with E-state index in [1.807, 2.05) is 0 Å². The number of aromatic hydroxyl groups is 1. The second-order valence-electron chi connectivity index (χ2n) is 7.50. The van der Waals surface area contributed by atoms with Crippen LogP contribution in [-0.4, -0.2) is 26.1 Å². The van der Waals surface area contributed by atoms with Gasteiger partial charge in [-0.15, -0.1) is 0 Å². The van der Waals surface area contributed by atoms with E-state index in [0.29, 0.717) is 17.9 Å². The van der Waals surface area contributed by atoms with Crippen LogP contribution in [0.2, 0.25) is 0 Å². The molecular formula is C19H21FN4O3. The van der Waals surface area contributed by atoms with Gasteiger partial charge < -0.3 is 16.2 Å². The largest absolute Gasteiger partial charge is 0.501 e. The number of amides is 1. The maximum Gasteiger partial charge on any atom is 0.296 e. The molecule has 1 amide bonds. The second kappa shape index (κ2) is 6.45. The topological polar surface area (TPSA) is 110 Å². The van der Waals surface area contributed by atoms with Crippen LogP contribution in [0.1, 0.15) is 53.5 Å². The Balaban J connectivity index is 1.63. The molecule has 4 N–H and O–H groups in total. The number of nitrogens with one attached hydrogen (secondary N) is 1. The zero-order valence-electron chi connectivity index (χ0n) is 14.7. The number of hydrogen-bond acceptors (Lipinski definition) is 5. The summed E-state index contributed by atoms with van der Waals surface area (Å²) in [6, 6.07) is 5.69. The molecule has 1 aromatic heterocycles. The van der Waals surface area contributed by atoms with Crippen LogP contribution < -0.4 is 16.6 Å². The fourth-order valence-electron chi connectivity index (χ4n) is 3.98. The molecule has 0 atom stereocenters. The first-order valence-electron chi connectivity index (χ1n) is 9.01. The van der Waals surface area contributed by atoms with Gasteiger partial charge in [-0.3, -0.25) is 14.2 Å². The molecule has 1 aliphatic carbocycles. The Morgan fingerprint density at radius 3 is 2.67 bits per heavy atom. The van der Waals surface area contributed by atoms with Gasteiger partial charge in [0.2, 0.25) is 5.75 Å². The maximum absolute atomic E-state index is 13.0. The average molecular weight is 372 g/mol. The molecular weight excluding hydrogens is 351 g/mol. The molecule has 2 aromatic rings. The highest BCUT2D eigenvalue weighted by molar-refractivity contribution is 5.94. The van der Waals surface area contributed by atoms with Gasteiger partial charge in [-0.1, -0.05) is 12.1 Å². The summed E-state index contributed by atoms with van der Waals surface area (Å²) in [7, 11) is 0. The van der Waals surface area contributed by atoms with E-state index in [0.717, 1.165) is 25.7 Å². The minimum atomic E-state index is -0.666.